The van der Waals surface area contributed by atoms with Gasteiger partial charge in [0.15, 0.2) is 6.10 Å². The first-order valence-corrected chi connectivity index (χ1v) is 4.15. The number of rotatable bonds is 1. The number of aliphatic hydroxyl groups is 3. The van der Waals surface area contributed by atoms with Crippen molar-refractivity contribution in [3.05, 3.63) is 11.6 Å². The minimum atomic E-state index is -4.80. The summed E-state index contributed by atoms with van der Waals surface area (Å²) in [5.74, 6) is 0. The van der Waals surface area contributed by atoms with Gasteiger partial charge in [-0.25, -0.2) is 0 Å². The van der Waals surface area contributed by atoms with Gasteiger partial charge in [-0.05, 0) is 18.4 Å². The maximum atomic E-state index is 12.1. The Hall–Kier alpha value is -0.590. The molecule has 0 aromatic rings. The second kappa shape index (κ2) is 3.88. The zero-order valence-corrected chi connectivity index (χ0v) is 7.20. The average molecular weight is 212 g/mol. The molecule has 3 N–H and O–H groups in total. The number of hydrogen-bond acceptors (Lipinski definition) is 3. The van der Waals surface area contributed by atoms with Gasteiger partial charge in [-0.2, -0.15) is 13.2 Å². The van der Waals surface area contributed by atoms with Crippen LogP contribution in [0.25, 0.3) is 0 Å². The first-order valence-electron chi connectivity index (χ1n) is 4.15. The zero-order chi connectivity index (χ0) is 10.9. The normalized spacial score (nSPS) is 31.1. The van der Waals surface area contributed by atoms with E-state index in [1.807, 2.05) is 0 Å². The van der Waals surface area contributed by atoms with E-state index >= 15 is 0 Å². The van der Waals surface area contributed by atoms with Crippen LogP contribution in [0.5, 0.6) is 0 Å². The van der Waals surface area contributed by atoms with Gasteiger partial charge in [0.2, 0.25) is 0 Å². The predicted molar refractivity (Wildman–Crippen MR) is 41.4 cm³/mol. The molecule has 1 rings (SSSR count). The summed E-state index contributed by atoms with van der Waals surface area (Å²) in [5.41, 5.74) is -0.559. The van der Waals surface area contributed by atoms with Crippen molar-refractivity contribution in [2.75, 3.05) is 0 Å². The van der Waals surface area contributed by atoms with Gasteiger partial charge in [0.05, 0.1) is 6.10 Å². The van der Waals surface area contributed by atoms with Crippen molar-refractivity contribution < 1.29 is 28.5 Å². The molecule has 14 heavy (non-hydrogen) atoms. The maximum Gasteiger partial charge on any atom is 0.418 e. The van der Waals surface area contributed by atoms with Crippen LogP contribution in [0, 0.1) is 0 Å². The van der Waals surface area contributed by atoms with Crippen molar-refractivity contribution in [1.29, 1.82) is 0 Å². The molecule has 1 aliphatic rings. The summed E-state index contributed by atoms with van der Waals surface area (Å²) in [6.07, 6.45) is -8.80. The lowest BCUT2D eigenvalue weighted by atomic mass is 9.90. The number of aliphatic hydroxyl groups excluding tert-OH is 3. The van der Waals surface area contributed by atoms with E-state index in [0.29, 0.717) is 0 Å². The van der Waals surface area contributed by atoms with Crippen LogP contribution in [0.1, 0.15) is 12.8 Å². The summed E-state index contributed by atoms with van der Waals surface area (Å²) in [6.45, 7) is 0. The summed E-state index contributed by atoms with van der Waals surface area (Å²) in [4.78, 5) is 0. The van der Waals surface area contributed by atoms with Crippen LogP contribution in [0.4, 0.5) is 13.2 Å². The van der Waals surface area contributed by atoms with E-state index in [4.69, 9.17) is 10.2 Å². The van der Waals surface area contributed by atoms with Crippen LogP contribution in [0.3, 0.4) is 0 Å². The summed E-state index contributed by atoms with van der Waals surface area (Å²) < 4.78 is 36.2. The number of alkyl halides is 3. The van der Waals surface area contributed by atoms with Gasteiger partial charge in [-0.1, -0.05) is 6.08 Å². The third kappa shape index (κ3) is 2.26. The Balaban J connectivity index is 2.82. The van der Waals surface area contributed by atoms with Crippen LogP contribution in [-0.4, -0.2) is 39.8 Å². The van der Waals surface area contributed by atoms with E-state index in [2.05, 4.69) is 0 Å². The SMILES string of the molecule is O[C@@H]1C([C@H](O)C(F)(F)F)=CCC[C@@H]1O. The van der Waals surface area contributed by atoms with Crippen LogP contribution in [0.15, 0.2) is 11.6 Å². The minimum absolute atomic E-state index is 0.204. The molecule has 0 spiro atoms. The fourth-order valence-corrected chi connectivity index (χ4v) is 1.38. The van der Waals surface area contributed by atoms with Crippen LogP contribution < -0.4 is 0 Å². The molecule has 0 aromatic heterocycles. The third-order valence-electron chi connectivity index (χ3n) is 2.17. The highest BCUT2D eigenvalue weighted by Gasteiger charge is 2.44. The first kappa shape index (κ1) is 11.5. The molecule has 0 bridgehead atoms. The number of halogens is 3. The highest BCUT2D eigenvalue weighted by atomic mass is 19.4. The van der Waals surface area contributed by atoms with Crippen LogP contribution in [-0.2, 0) is 0 Å². The first-order chi connectivity index (χ1) is 6.34. The molecular formula is C8H11F3O3. The van der Waals surface area contributed by atoms with Crippen LogP contribution in [0.2, 0.25) is 0 Å². The topological polar surface area (TPSA) is 60.7 Å². The minimum Gasteiger partial charge on any atom is -0.390 e. The maximum absolute atomic E-state index is 12.1. The van der Waals surface area contributed by atoms with Gasteiger partial charge in [0.1, 0.15) is 6.10 Å². The molecule has 0 heterocycles. The Morgan fingerprint density at radius 2 is 1.93 bits per heavy atom. The molecule has 0 aliphatic heterocycles. The molecule has 0 saturated heterocycles. The van der Waals surface area contributed by atoms with Crippen molar-refractivity contribution in [2.45, 2.75) is 37.3 Å². The van der Waals surface area contributed by atoms with Gasteiger partial charge in [0.25, 0.3) is 0 Å². The van der Waals surface area contributed by atoms with E-state index in [1.165, 1.54) is 0 Å². The van der Waals surface area contributed by atoms with Gasteiger partial charge >= 0.3 is 6.18 Å². The molecule has 6 heteroatoms. The molecule has 0 radical (unpaired) electrons. The third-order valence-corrected chi connectivity index (χ3v) is 2.17. The van der Waals surface area contributed by atoms with Gasteiger partial charge in [-0.15, -0.1) is 0 Å². The summed E-state index contributed by atoms with van der Waals surface area (Å²) in [7, 11) is 0. The van der Waals surface area contributed by atoms with Gasteiger partial charge < -0.3 is 15.3 Å². The summed E-state index contributed by atoms with van der Waals surface area (Å²) >= 11 is 0. The van der Waals surface area contributed by atoms with E-state index in [1.54, 1.807) is 0 Å². The Morgan fingerprint density at radius 1 is 1.36 bits per heavy atom. The molecule has 82 valence electrons. The standard InChI is InChI=1S/C8H11F3O3/c9-8(10,11)7(14)4-2-1-3-5(12)6(4)13/h2,5-7,12-14H,1,3H2/t5-,6+,7-/m0/s1. The van der Waals surface area contributed by atoms with Crippen molar-refractivity contribution in [1.82, 2.24) is 0 Å². The average Bonchev–Trinajstić information content (AvgIpc) is 2.07. The summed E-state index contributed by atoms with van der Waals surface area (Å²) in [5, 5.41) is 27.1. The Morgan fingerprint density at radius 3 is 2.43 bits per heavy atom. The van der Waals surface area contributed by atoms with Gasteiger partial charge in [-0.3, -0.25) is 0 Å². The second-order valence-corrected chi connectivity index (χ2v) is 3.24. The number of allylic oxidation sites excluding steroid dienone is 1. The molecule has 0 unspecified atom stereocenters. The van der Waals surface area contributed by atoms with Crippen molar-refractivity contribution in [3.63, 3.8) is 0 Å². The highest BCUT2D eigenvalue weighted by molar-refractivity contribution is 5.19. The fourth-order valence-electron chi connectivity index (χ4n) is 1.38. The highest BCUT2D eigenvalue weighted by Crippen LogP contribution is 2.31. The fraction of sp³-hybridized carbons (Fsp3) is 0.750. The van der Waals surface area contributed by atoms with Crippen LogP contribution >= 0.6 is 0 Å². The lowest BCUT2D eigenvalue weighted by Gasteiger charge is -2.28. The van der Waals surface area contributed by atoms with Gasteiger partial charge in [0, 0.05) is 0 Å². The van der Waals surface area contributed by atoms with Crippen molar-refractivity contribution in [3.8, 4) is 0 Å². The van der Waals surface area contributed by atoms with Crippen molar-refractivity contribution in [2.24, 2.45) is 0 Å². The smallest absolute Gasteiger partial charge is 0.390 e. The molecule has 3 nitrogen and oxygen atoms in total. The monoisotopic (exact) mass is 212 g/mol. The number of hydrogen-bond donors (Lipinski definition) is 3. The Bertz CT molecular complexity index is 236. The Kier molecular flexibility index (Phi) is 3.18. The van der Waals surface area contributed by atoms with Crippen molar-refractivity contribution >= 4 is 0 Å². The molecule has 0 amide bonds. The lowest BCUT2D eigenvalue weighted by Crippen LogP contribution is -2.41. The molecule has 0 fully saturated rings. The second-order valence-electron chi connectivity index (χ2n) is 3.24. The quantitative estimate of drug-likeness (QED) is 0.550. The predicted octanol–water partition coefficient (Wildman–Crippen LogP) is 0.352. The largest absolute Gasteiger partial charge is 0.418 e. The van der Waals surface area contributed by atoms with E-state index in [-0.39, 0.29) is 12.8 Å². The van der Waals surface area contributed by atoms with E-state index in [9.17, 15) is 18.3 Å². The lowest BCUT2D eigenvalue weighted by molar-refractivity contribution is -0.196. The molecular weight excluding hydrogens is 201 g/mol. The molecule has 0 aromatic carbocycles. The molecule has 3 atom stereocenters. The molecule has 0 saturated carbocycles. The van der Waals surface area contributed by atoms with E-state index in [0.717, 1.165) is 6.08 Å². The Labute approximate surface area is 78.5 Å². The summed E-state index contributed by atoms with van der Waals surface area (Å²) in [6, 6.07) is 0. The van der Waals surface area contributed by atoms with E-state index < -0.39 is 30.1 Å². The molecule has 1 aliphatic carbocycles. The zero-order valence-electron chi connectivity index (χ0n) is 7.20.